The number of benzene rings is 2. The Labute approximate surface area is 283 Å². The minimum atomic E-state index is -4.65. The van der Waals surface area contributed by atoms with Crippen LogP contribution in [0.3, 0.4) is 0 Å². The van der Waals surface area contributed by atoms with Crippen molar-refractivity contribution in [3.05, 3.63) is 40.2 Å². The fraction of sp³-hybridized carbons (Fsp3) is 0.448. The number of carbonyl (C=O) groups excluding carboxylic acids is 1. The van der Waals surface area contributed by atoms with Crippen LogP contribution in [0.5, 0.6) is 17.4 Å². The van der Waals surface area contributed by atoms with Gasteiger partial charge in [0, 0.05) is 28.0 Å². The molecule has 1 aliphatic heterocycles. The Balaban J connectivity index is 1.39. The number of unbranched alkanes of at least 4 members (excludes halogenated alkanes) is 1. The molecule has 1 aliphatic rings. The fourth-order valence-corrected chi connectivity index (χ4v) is 6.94. The lowest BCUT2D eigenvalue weighted by Crippen LogP contribution is -2.45. The van der Waals surface area contributed by atoms with Gasteiger partial charge < -0.3 is 44.3 Å². The van der Waals surface area contributed by atoms with E-state index in [0.717, 1.165) is 6.42 Å². The van der Waals surface area contributed by atoms with Crippen LogP contribution in [-0.4, -0.2) is 84.8 Å². The summed E-state index contributed by atoms with van der Waals surface area (Å²) in [7, 11) is -3.25. The van der Waals surface area contributed by atoms with Crippen molar-refractivity contribution in [1.29, 1.82) is 0 Å². The maximum absolute atomic E-state index is 13.2. The summed E-state index contributed by atoms with van der Waals surface area (Å²) in [6.45, 7) is 4.62. The third-order valence-corrected chi connectivity index (χ3v) is 9.48. The molecule has 0 spiro atoms. The van der Waals surface area contributed by atoms with Crippen LogP contribution in [0.15, 0.2) is 36.4 Å². The minimum Gasteiger partial charge on any atom is -0.487 e. The summed E-state index contributed by atoms with van der Waals surface area (Å²) in [5.74, 6) is -0.702. The number of anilines is 1. The number of ether oxygens (including phenoxy) is 4. The predicted molar refractivity (Wildman–Crippen MR) is 178 cm³/mol. The molecule has 16 nitrogen and oxygen atoms in total. The first-order chi connectivity index (χ1) is 22.3. The molecule has 3 heterocycles. The maximum Gasteiger partial charge on any atom is 0.457 e. The topological polar surface area (TPSA) is 223 Å². The summed E-state index contributed by atoms with van der Waals surface area (Å²) < 4.78 is 43.3. The van der Waals surface area contributed by atoms with E-state index in [-0.39, 0.29) is 47.7 Å². The van der Waals surface area contributed by atoms with Gasteiger partial charge in [-0.1, -0.05) is 43.7 Å². The Morgan fingerprint density at radius 1 is 1.26 bits per heavy atom. The molecule has 18 heteroatoms. The standard InChI is InChI=1S/C29H36IN6O10P/c1-5-6-13-43-25(38)15(2)35-47(40,41)46-21-17-10-8-7-9-16(17)11-12-18(21)44-14-19-22(37)29(3,39)26(45-19)36-23-20(32-27(36)30)24(42-4)34-28(31)33-23/h7-12,15,19,22,26,37,39H,5-6,13-14H2,1-4H3,(H2,31,33,34)(H2,35,40,41)/t15-,19+,22+,26+,29+/m0/s1. The molecule has 1 saturated heterocycles. The van der Waals surface area contributed by atoms with E-state index >= 15 is 0 Å². The second kappa shape index (κ2) is 14.0. The molecule has 0 bridgehead atoms. The molecule has 0 amide bonds. The highest BCUT2D eigenvalue weighted by Crippen LogP contribution is 2.47. The van der Waals surface area contributed by atoms with Crippen molar-refractivity contribution in [3.8, 4) is 17.4 Å². The number of hydrogen-bond donors (Lipinski definition) is 5. The number of hydrogen-bond acceptors (Lipinski definition) is 13. The lowest BCUT2D eigenvalue weighted by atomic mass is 9.96. The van der Waals surface area contributed by atoms with Crippen LogP contribution in [0.25, 0.3) is 21.9 Å². The predicted octanol–water partition coefficient (Wildman–Crippen LogP) is 3.06. The van der Waals surface area contributed by atoms with Gasteiger partial charge in [-0.3, -0.25) is 9.36 Å². The zero-order chi connectivity index (χ0) is 34.1. The van der Waals surface area contributed by atoms with Gasteiger partial charge in [0.15, 0.2) is 32.7 Å². The number of halogens is 1. The molecular formula is C29H36IN6O10P. The molecule has 5 rings (SSSR count). The highest BCUT2D eigenvalue weighted by atomic mass is 127. The summed E-state index contributed by atoms with van der Waals surface area (Å²) in [6.07, 6.45) is -2.26. The summed E-state index contributed by atoms with van der Waals surface area (Å²) in [5.41, 5.74) is 4.52. The van der Waals surface area contributed by atoms with Crippen molar-refractivity contribution in [1.82, 2.24) is 24.6 Å². The average molecular weight is 787 g/mol. The largest absolute Gasteiger partial charge is 0.487 e. The van der Waals surface area contributed by atoms with Crippen LogP contribution in [0.4, 0.5) is 5.95 Å². The lowest BCUT2D eigenvalue weighted by molar-refractivity contribution is -0.145. The van der Waals surface area contributed by atoms with Crippen molar-refractivity contribution >= 4 is 64.2 Å². The molecule has 6 N–H and O–H groups in total. The third-order valence-electron chi connectivity index (χ3n) is 7.58. The number of aromatic nitrogens is 4. The Morgan fingerprint density at radius 2 is 2.00 bits per heavy atom. The summed E-state index contributed by atoms with van der Waals surface area (Å²) in [6, 6.07) is 9.08. The SMILES string of the molecule is CCCCOC(=O)[C@H](C)NP(=O)(O)Oc1c(OC[C@H]2O[C@@H](n3c(I)nc4c(OC)nc(N)nc43)[C@](C)(O)[C@@H]2O)ccc2ccccc12. The number of nitrogen functional groups attached to an aromatic ring is 1. The summed E-state index contributed by atoms with van der Waals surface area (Å²) in [4.78, 5) is 35.8. The first-order valence-corrected chi connectivity index (χ1v) is 17.3. The molecule has 47 heavy (non-hydrogen) atoms. The van der Waals surface area contributed by atoms with Gasteiger partial charge in [0.2, 0.25) is 11.8 Å². The normalized spacial score (nSPS) is 23.0. The molecule has 1 fully saturated rings. The number of imidazole rings is 1. The molecule has 2 aromatic carbocycles. The molecule has 4 aromatic rings. The fourth-order valence-electron chi connectivity index (χ4n) is 5.13. The number of methoxy groups -OCH3 is 1. The van der Waals surface area contributed by atoms with E-state index in [4.69, 9.17) is 29.2 Å². The Morgan fingerprint density at radius 3 is 2.72 bits per heavy atom. The van der Waals surface area contributed by atoms with Gasteiger partial charge in [-0.05, 0) is 31.7 Å². The quantitative estimate of drug-likeness (QED) is 0.0432. The van der Waals surface area contributed by atoms with E-state index in [0.29, 0.717) is 21.0 Å². The number of carbonyl (C=O) groups is 1. The molecule has 254 valence electrons. The van der Waals surface area contributed by atoms with E-state index in [1.807, 2.05) is 29.5 Å². The Hall–Kier alpha value is -3.32. The van der Waals surface area contributed by atoms with Crippen LogP contribution in [-0.2, 0) is 18.8 Å². The summed E-state index contributed by atoms with van der Waals surface area (Å²) in [5, 5.41) is 26.1. The van der Waals surface area contributed by atoms with Crippen LogP contribution in [0.2, 0.25) is 0 Å². The van der Waals surface area contributed by atoms with Gasteiger partial charge in [0.05, 0.1) is 13.7 Å². The van der Waals surface area contributed by atoms with Crippen molar-refractivity contribution in [2.24, 2.45) is 0 Å². The van der Waals surface area contributed by atoms with E-state index in [2.05, 4.69) is 20.0 Å². The van der Waals surface area contributed by atoms with E-state index in [9.17, 15) is 24.5 Å². The monoisotopic (exact) mass is 786 g/mol. The molecule has 6 atom stereocenters. The third kappa shape index (κ3) is 7.25. The number of aliphatic hydroxyl groups is 2. The van der Waals surface area contributed by atoms with Crippen LogP contribution in [0, 0.1) is 3.83 Å². The second-order valence-corrected chi connectivity index (χ2v) is 13.6. The van der Waals surface area contributed by atoms with E-state index < -0.39 is 43.8 Å². The molecule has 2 aromatic heterocycles. The van der Waals surface area contributed by atoms with Gasteiger partial charge >= 0.3 is 13.7 Å². The molecule has 0 aliphatic carbocycles. The minimum absolute atomic E-state index is 0.0461. The number of esters is 1. The van der Waals surface area contributed by atoms with Gasteiger partial charge in [-0.25, -0.2) is 9.55 Å². The number of aliphatic hydroxyl groups excluding tert-OH is 1. The van der Waals surface area contributed by atoms with Crippen LogP contribution in [0.1, 0.15) is 39.8 Å². The molecule has 0 saturated carbocycles. The van der Waals surface area contributed by atoms with Gasteiger partial charge in [0.25, 0.3) is 0 Å². The van der Waals surface area contributed by atoms with Crippen molar-refractivity contribution in [3.63, 3.8) is 0 Å². The highest BCUT2D eigenvalue weighted by Gasteiger charge is 2.54. The second-order valence-electron chi connectivity index (χ2n) is 11.1. The van der Waals surface area contributed by atoms with Crippen LogP contribution < -0.4 is 24.8 Å². The summed E-state index contributed by atoms with van der Waals surface area (Å²) >= 11 is 1.94. The number of nitrogens with zero attached hydrogens (tertiary/aromatic N) is 4. The molecular weight excluding hydrogens is 750 g/mol. The molecule has 0 radical (unpaired) electrons. The highest BCUT2D eigenvalue weighted by molar-refractivity contribution is 14.1. The molecule has 1 unspecified atom stereocenters. The Bertz CT molecular complexity index is 1820. The zero-order valence-electron chi connectivity index (χ0n) is 26.0. The number of nitrogens with two attached hydrogens (primary N) is 1. The van der Waals surface area contributed by atoms with Crippen molar-refractivity contribution in [2.75, 3.05) is 26.1 Å². The van der Waals surface area contributed by atoms with Crippen molar-refractivity contribution in [2.45, 2.75) is 63.7 Å². The number of fused-ring (bicyclic) bond motifs is 2. The van der Waals surface area contributed by atoms with Gasteiger partial charge in [-0.2, -0.15) is 15.1 Å². The van der Waals surface area contributed by atoms with E-state index in [1.165, 1.54) is 31.6 Å². The van der Waals surface area contributed by atoms with E-state index in [1.54, 1.807) is 30.3 Å². The first kappa shape index (κ1) is 35.0. The number of rotatable bonds is 13. The Kier molecular flexibility index (Phi) is 10.5. The average Bonchev–Trinajstić information content (AvgIpc) is 3.46. The zero-order valence-corrected chi connectivity index (χ0v) is 29.0. The lowest BCUT2D eigenvalue weighted by Gasteiger charge is -2.27. The smallest absolute Gasteiger partial charge is 0.457 e. The van der Waals surface area contributed by atoms with Gasteiger partial charge in [0.1, 0.15) is 30.5 Å². The number of nitrogens with one attached hydrogen (secondary N) is 1. The van der Waals surface area contributed by atoms with Crippen molar-refractivity contribution < 1.29 is 47.9 Å². The first-order valence-electron chi connectivity index (χ1n) is 14.7. The maximum atomic E-state index is 13.2. The van der Waals surface area contributed by atoms with Gasteiger partial charge in [-0.15, -0.1) is 0 Å². The van der Waals surface area contributed by atoms with Crippen LogP contribution >= 0.6 is 30.3 Å².